The molecule has 2 fully saturated rings. The van der Waals surface area contributed by atoms with Gasteiger partial charge in [0.25, 0.3) is 0 Å². The molecular weight excluding hydrogens is 344 g/mol. The van der Waals surface area contributed by atoms with Gasteiger partial charge in [0.05, 0.1) is 5.56 Å². The number of rotatable bonds is 5. The molecule has 2 aliphatic rings. The maximum Gasteiger partial charge on any atom is 0.335 e. The van der Waals surface area contributed by atoms with Gasteiger partial charge in [0.2, 0.25) is 11.8 Å². The molecule has 0 bridgehead atoms. The van der Waals surface area contributed by atoms with E-state index in [1.54, 1.807) is 12.1 Å². The van der Waals surface area contributed by atoms with E-state index in [9.17, 15) is 14.4 Å². The maximum absolute atomic E-state index is 12.7. The number of carbonyl (C=O) groups excluding carboxylic acids is 2. The van der Waals surface area contributed by atoms with Crippen LogP contribution in [-0.4, -0.2) is 58.9 Å². The minimum atomic E-state index is -0.926. The number of benzene rings is 1. The Bertz CT molecular complexity index is 686. The topological polar surface area (TPSA) is 77.9 Å². The molecule has 0 radical (unpaired) electrons. The lowest BCUT2D eigenvalue weighted by molar-refractivity contribution is -0.134. The Morgan fingerprint density at radius 3 is 2.56 bits per heavy atom. The van der Waals surface area contributed by atoms with E-state index in [2.05, 4.69) is 0 Å². The number of carboxylic acids is 1. The lowest BCUT2D eigenvalue weighted by atomic mass is 9.90. The highest BCUT2D eigenvalue weighted by atomic mass is 16.4. The number of likely N-dealkylation sites (tertiary alicyclic amines) is 2. The van der Waals surface area contributed by atoms with Crippen molar-refractivity contribution in [2.45, 2.75) is 50.9 Å². The Balaban J connectivity index is 1.54. The third kappa shape index (κ3) is 5.08. The smallest absolute Gasteiger partial charge is 0.335 e. The van der Waals surface area contributed by atoms with Crippen molar-refractivity contribution in [2.24, 2.45) is 0 Å². The highest BCUT2D eigenvalue weighted by Gasteiger charge is 2.26. The normalized spacial score (nSPS) is 21.0. The highest BCUT2D eigenvalue weighted by molar-refractivity contribution is 5.87. The van der Waals surface area contributed by atoms with Gasteiger partial charge in [-0.25, -0.2) is 4.79 Å². The predicted molar refractivity (Wildman–Crippen MR) is 102 cm³/mol. The summed E-state index contributed by atoms with van der Waals surface area (Å²) in [4.78, 5) is 39.5. The van der Waals surface area contributed by atoms with E-state index >= 15 is 0 Å². The van der Waals surface area contributed by atoms with Crippen LogP contribution in [0.15, 0.2) is 24.3 Å². The second kappa shape index (κ2) is 9.02. The van der Waals surface area contributed by atoms with Gasteiger partial charge in [-0.3, -0.25) is 9.59 Å². The molecule has 1 aromatic carbocycles. The van der Waals surface area contributed by atoms with Gasteiger partial charge >= 0.3 is 5.97 Å². The van der Waals surface area contributed by atoms with Crippen LogP contribution in [0.25, 0.3) is 0 Å². The van der Waals surface area contributed by atoms with Crippen molar-refractivity contribution in [3.63, 3.8) is 0 Å². The average Bonchev–Trinajstić information content (AvgIpc) is 2.90. The highest BCUT2D eigenvalue weighted by Crippen LogP contribution is 2.27. The van der Waals surface area contributed by atoms with E-state index in [0.717, 1.165) is 50.8 Å². The van der Waals surface area contributed by atoms with Crippen LogP contribution in [0.1, 0.15) is 66.8 Å². The standard InChI is InChI=1S/C21H28N2O4/c24-19-6-2-1-3-12-22(19)14-11-20(25)23-13-4-5-18(15-23)16-7-9-17(10-8-16)21(26)27/h7-10,18H,1-6,11-15H2,(H,26,27)/t18-/m1/s1. The van der Waals surface area contributed by atoms with E-state index in [1.165, 1.54) is 0 Å². The fourth-order valence-electron chi connectivity index (χ4n) is 4.04. The van der Waals surface area contributed by atoms with E-state index in [0.29, 0.717) is 25.9 Å². The number of aromatic carboxylic acids is 1. The first-order valence-corrected chi connectivity index (χ1v) is 9.93. The largest absolute Gasteiger partial charge is 0.478 e. The lowest BCUT2D eigenvalue weighted by Crippen LogP contribution is -2.41. The van der Waals surface area contributed by atoms with Crippen molar-refractivity contribution in [2.75, 3.05) is 26.2 Å². The van der Waals surface area contributed by atoms with Crippen LogP contribution in [0.4, 0.5) is 0 Å². The minimum Gasteiger partial charge on any atom is -0.478 e. The van der Waals surface area contributed by atoms with Crippen LogP contribution >= 0.6 is 0 Å². The van der Waals surface area contributed by atoms with Gasteiger partial charge in [-0.05, 0) is 43.4 Å². The molecule has 0 unspecified atom stereocenters. The first kappa shape index (κ1) is 19.4. The van der Waals surface area contributed by atoms with Crippen molar-refractivity contribution in [3.05, 3.63) is 35.4 Å². The molecule has 1 N–H and O–H groups in total. The predicted octanol–water partition coefficient (Wildman–Crippen LogP) is 2.88. The molecule has 27 heavy (non-hydrogen) atoms. The Kier molecular flexibility index (Phi) is 6.48. The molecule has 0 saturated carbocycles. The SMILES string of the molecule is O=C(O)c1ccc([C@@H]2CCCN(C(=O)CCN3CCCCCC3=O)C2)cc1. The quantitative estimate of drug-likeness (QED) is 0.862. The number of carbonyl (C=O) groups is 3. The van der Waals surface area contributed by atoms with Crippen molar-refractivity contribution in [1.82, 2.24) is 9.80 Å². The molecule has 0 spiro atoms. The summed E-state index contributed by atoms with van der Waals surface area (Å²) in [7, 11) is 0. The number of piperidine rings is 1. The van der Waals surface area contributed by atoms with Crippen LogP contribution in [0.2, 0.25) is 0 Å². The molecular formula is C21H28N2O4. The molecule has 3 rings (SSSR count). The van der Waals surface area contributed by atoms with Gasteiger partial charge in [-0.15, -0.1) is 0 Å². The molecule has 6 nitrogen and oxygen atoms in total. The van der Waals surface area contributed by atoms with E-state index in [4.69, 9.17) is 5.11 Å². The average molecular weight is 372 g/mol. The van der Waals surface area contributed by atoms with Gasteiger partial charge in [-0.2, -0.15) is 0 Å². The van der Waals surface area contributed by atoms with Gasteiger partial charge in [0.1, 0.15) is 0 Å². The summed E-state index contributed by atoms with van der Waals surface area (Å²) in [6.07, 6.45) is 6.00. The van der Waals surface area contributed by atoms with Crippen molar-refractivity contribution >= 4 is 17.8 Å². The fourth-order valence-corrected chi connectivity index (χ4v) is 4.04. The molecule has 6 heteroatoms. The molecule has 1 aromatic rings. The lowest BCUT2D eigenvalue weighted by Gasteiger charge is -2.33. The summed E-state index contributed by atoms with van der Waals surface area (Å²) >= 11 is 0. The molecule has 146 valence electrons. The van der Waals surface area contributed by atoms with Crippen LogP contribution in [0.5, 0.6) is 0 Å². The molecule has 1 atom stereocenters. The van der Waals surface area contributed by atoms with Gasteiger partial charge < -0.3 is 14.9 Å². The van der Waals surface area contributed by atoms with Gasteiger partial charge in [-0.1, -0.05) is 18.6 Å². The zero-order chi connectivity index (χ0) is 19.2. The Hall–Kier alpha value is -2.37. The number of amides is 2. The number of hydrogen-bond donors (Lipinski definition) is 1. The molecule has 2 amide bonds. The fraction of sp³-hybridized carbons (Fsp3) is 0.571. The van der Waals surface area contributed by atoms with E-state index in [1.807, 2.05) is 21.9 Å². The summed E-state index contributed by atoms with van der Waals surface area (Å²) in [5.41, 5.74) is 1.37. The number of nitrogens with zero attached hydrogens (tertiary/aromatic N) is 2. The summed E-state index contributed by atoms with van der Waals surface area (Å²) in [5.74, 6) is -0.398. The third-order valence-corrected chi connectivity index (χ3v) is 5.67. The minimum absolute atomic E-state index is 0.110. The van der Waals surface area contributed by atoms with E-state index < -0.39 is 5.97 Å². The van der Waals surface area contributed by atoms with Crippen LogP contribution in [0.3, 0.4) is 0 Å². The van der Waals surface area contributed by atoms with Gasteiger partial charge in [0, 0.05) is 44.9 Å². The summed E-state index contributed by atoms with van der Waals surface area (Å²) in [5, 5.41) is 9.02. The summed E-state index contributed by atoms with van der Waals surface area (Å²) in [6, 6.07) is 6.97. The molecule has 2 aliphatic heterocycles. The molecule has 0 aromatic heterocycles. The second-order valence-electron chi connectivity index (χ2n) is 7.55. The molecule has 2 heterocycles. The summed E-state index contributed by atoms with van der Waals surface area (Å²) < 4.78 is 0. The third-order valence-electron chi connectivity index (χ3n) is 5.67. The second-order valence-corrected chi connectivity index (χ2v) is 7.55. The van der Waals surface area contributed by atoms with Crippen LogP contribution in [0, 0.1) is 0 Å². The number of hydrogen-bond acceptors (Lipinski definition) is 3. The Labute approximate surface area is 160 Å². The Morgan fingerprint density at radius 1 is 1.04 bits per heavy atom. The zero-order valence-electron chi connectivity index (χ0n) is 15.7. The first-order chi connectivity index (χ1) is 13.0. The summed E-state index contributed by atoms with van der Waals surface area (Å²) in [6.45, 7) is 2.71. The maximum atomic E-state index is 12.7. The van der Waals surface area contributed by atoms with Crippen molar-refractivity contribution < 1.29 is 19.5 Å². The van der Waals surface area contributed by atoms with E-state index in [-0.39, 0.29) is 23.3 Å². The Morgan fingerprint density at radius 2 is 1.81 bits per heavy atom. The number of carboxylic acid groups (broad SMARTS) is 1. The van der Waals surface area contributed by atoms with Gasteiger partial charge in [0.15, 0.2) is 0 Å². The van der Waals surface area contributed by atoms with Crippen LogP contribution in [-0.2, 0) is 9.59 Å². The van der Waals surface area contributed by atoms with Crippen molar-refractivity contribution in [3.8, 4) is 0 Å². The zero-order valence-corrected chi connectivity index (χ0v) is 15.7. The first-order valence-electron chi connectivity index (χ1n) is 9.93. The monoisotopic (exact) mass is 372 g/mol. The van der Waals surface area contributed by atoms with Crippen LogP contribution < -0.4 is 0 Å². The molecule has 0 aliphatic carbocycles. The molecule has 2 saturated heterocycles. The van der Waals surface area contributed by atoms with Crippen molar-refractivity contribution in [1.29, 1.82) is 0 Å².